The average Bonchev–Trinajstić information content (AvgIpc) is 2.81. The van der Waals surface area contributed by atoms with Crippen LogP contribution < -0.4 is 16.4 Å². The van der Waals surface area contributed by atoms with Crippen LogP contribution in [0.25, 0.3) is 0 Å². The van der Waals surface area contributed by atoms with Crippen molar-refractivity contribution in [3.8, 4) is 0 Å². The van der Waals surface area contributed by atoms with Crippen molar-refractivity contribution in [2.75, 3.05) is 10.6 Å². The summed E-state index contributed by atoms with van der Waals surface area (Å²) in [6.07, 6.45) is 2.86. The molecule has 0 fully saturated rings. The zero-order valence-electron chi connectivity index (χ0n) is 18.3. The molecular weight excluding hydrogens is 449 g/mol. The van der Waals surface area contributed by atoms with E-state index < -0.39 is 41.4 Å². The summed E-state index contributed by atoms with van der Waals surface area (Å²) in [6.45, 7) is 2.97. The van der Waals surface area contributed by atoms with E-state index in [1.807, 2.05) is 0 Å². The van der Waals surface area contributed by atoms with Gasteiger partial charge in [0.05, 0.1) is 16.8 Å². The molecule has 176 valence electrons. The van der Waals surface area contributed by atoms with E-state index in [1.165, 1.54) is 12.3 Å². The van der Waals surface area contributed by atoms with Crippen molar-refractivity contribution >= 4 is 29.1 Å². The molecule has 0 spiro atoms. The van der Waals surface area contributed by atoms with E-state index in [4.69, 9.17) is 10.5 Å². The van der Waals surface area contributed by atoms with Gasteiger partial charge in [-0.15, -0.1) is 0 Å². The number of allylic oxidation sites excluding steroid dienone is 2. The smallest absolute Gasteiger partial charge is 0.343 e. The molecule has 1 heterocycles. The number of nitrogens with one attached hydrogen (secondary N) is 2. The molecule has 0 atom stereocenters. The molecule has 0 bridgehead atoms. The van der Waals surface area contributed by atoms with Crippen molar-refractivity contribution in [3.05, 3.63) is 94.6 Å². The zero-order chi connectivity index (χ0) is 24.8. The van der Waals surface area contributed by atoms with Crippen LogP contribution in [0.15, 0.2) is 60.5 Å². The first kappa shape index (κ1) is 24.3. The molecule has 4 N–H and O–H groups in total. The lowest BCUT2D eigenvalue weighted by molar-refractivity contribution is 0.0625. The molecule has 1 aromatic heterocycles. The summed E-state index contributed by atoms with van der Waals surface area (Å²) in [5.41, 5.74) is 5.84. The highest BCUT2D eigenvalue weighted by Gasteiger charge is 2.16. The van der Waals surface area contributed by atoms with Crippen LogP contribution in [0, 0.1) is 17.5 Å². The lowest BCUT2D eigenvalue weighted by Gasteiger charge is -2.14. The van der Waals surface area contributed by atoms with Crippen LogP contribution in [0.2, 0.25) is 0 Å². The number of carbonyl (C=O) groups is 2. The summed E-state index contributed by atoms with van der Waals surface area (Å²) in [7, 11) is 0. The fourth-order valence-electron chi connectivity index (χ4n) is 2.88. The molecular formula is C24H21F3N4O3. The third kappa shape index (κ3) is 5.71. The predicted octanol–water partition coefficient (Wildman–Crippen LogP) is 5.03. The molecule has 3 rings (SSSR count). The number of rotatable bonds is 8. The number of esters is 1. The fourth-order valence-corrected chi connectivity index (χ4v) is 2.88. The number of carbonyl (C=O) groups excluding carboxylic acids is 2. The second-order valence-corrected chi connectivity index (χ2v) is 7.15. The Bertz CT molecular complexity index is 1260. The summed E-state index contributed by atoms with van der Waals surface area (Å²) in [5.74, 6) is -4.04. The third-order valence-corrected chi connectivity index (χ3v) is 4.82. The topological polar surface area (TPSA) is 106 Å². The molecule has 34 heavy (non-hydrogen) atoms. The van der Waals surface area contributed by atoms with Gasteiger partial charge >= 0.3 is 5.97 Å². The first-order valence-corrected chi connectivity index (χ1v) is 10.1. The minimum Gasteiger partial charge on any atom is -0.428 e. The number of aromatic nitrogens is 1. The van der Waals surface area contributed by atoms with Gasteiger partial charge in [-0.1, -0.05) is 0 Å². The number of nitrogens with two attached hydrogens (primary N) is 1. The summed E-state index contributed by atoms with van der Waals surface area (Å²) in [4.78, 5) is 27.9. The summed E-state index contributed by atoms with van der Waals surface area (Å²) < 4.78 is 46.5. The van der Waals surface area contributed by atoms with Crippen molar-refractivity contribution < 1.29 is 27.5 Å². The van der Waals surface area contributed by atoms with Gasteiger partial charge in [-0.2, -0.15) is 0 Å². The van der Waals surface area contributed by atoms with Crippen molar-refractivity contribution in [3.63, 3.8) is 0 Å². The molecule has 1 amide bonds. The normalized spacial score (nSPS) is 11.1. The Morgan fingerprint density at radius 2 is 1.76 bits per heavy atom. The molecule has 0 unspecified atom stereocenters. The Labute approximate surface area is 193 Å². The van der Waals surface area contributed by atoms with Crippen LogP contribution in [-0.2, 0) is 11.3 Å². The van der Waals surface area contributed by atoms with Gasteiger partial charge < -0.3 is 21.1 Å². The molecule has 0 saturated heterocycles. The van der Waals surface area contributed by atoms with Crippen LogP contribution in [-0.4, -0.2) is 16.9 Å². The van der Waals surface area contributed by atoms with E-state index >= 15 is 0 Å². The van der Waals surface area contributed by atoms with Crippen LogP contribution >= 0.6 is 0 Å². The van der Waals surface area contributed by atoms with Crippen molar-refractivity contribution in [2.24, 2.45) is 5.73 Å². The number of benzene rings is 2. The Balaban J connectivity index is 1.79. The number of nitrogens with zero attached hydrogens (tertiary/aromatic N) is 1. The number of hydrogen-bond acceptors (Lipinski definition) is 6. The van der Waals surface area contributed by atoms with Gasteiger partial charge in [-0.05, 0) is 56.3 Å². The van der Waals surface area contributed by atoms with E-state index in [-0.39, 0.29) is 17.1 Å². The highest BCUT2D eigenvalue weighted by molar-refractivity contribution is 5.98. The van der Waals surface area contributed by atoms with E-state index in [2.05, 4.69) is 15.6 Å². The Morgan fingerprint density at radius 1 is 1.09 bits per heavy atom. The van der Waals surface area contributed by atoms with Gasteiger partial charge in [-0.25, -0.2) is 22.9 Å². The SMILES string of the molecule is C/C=C(/C)OC(=O)c1ccc(Nc2cc(NCc3c(F)ccc(F)c3F)c(C(N)=O)cn2)cc1. The van der Waals surface area contributed by atoms with Crippen molar-refractivity contribution in [1.29, 1.82) is 0 Å². The van der Waals surface area contributed by atoms with E-state index in [0.29, 0.717) is 23.1 Å². The quantitative estimate of drug-likeness (QED) is 0.242. The molecule has 3 aromatic rings. The highest BCUT2D eigenvalue weighted by Crippen LogP contribution is 2.24. The number of amides is 1. The number of pyridine rings is 1. The summed E-state index contributed by atoms with van der Waals surface area (Å²) in [5, 5.41) is 5.68. The monoisotopic (exact) mass is 470 g/mol. The lowest BCUT2D eigenvalue weighted by Crippen LogP contribution is -2.16. The van der Waals surface area contributed by atoms with Gasteiger partial charge in [0.15, 0.2) is 11.6 Å². The molecule has 0 saturated carbocycles. The van der Waals surface area contributed by atoms with Crippen LogP contribution in [0.3, 0.4) is 0 Å². The minimum absolute atomic E-state index is 0.0276. The van der Waals surface area contributed by atoms with Crippen LogP contribution in [0.4, 0.5) is 30.4 Å². The maximum absolute atomic E-state index is 14.0. The number of anilines is 3. The number of ether oxygens (including phenoxy) is 1. The maximum atomic E-state index is 14.0. The number of halogens is 3. The van der Waals surface area contributed by atoms with Gasteiger partial charge in [-0.3, -0.25) is 4.79 Å². The second kappa shape index (κ2) is 10.5. The first-order chi connectivity index (χ1) is 16.2. The van der Waals surface area contributed by atoms with Gasteiger partial charge in [0.25, 0.3) is 5.91 Å². The number of primary amides is 1. The molecule has 0 aliphatic rings. The van der Waals surface area contributed by atoms with Crippen LogP contribution in [0.5, 0.6) is 0 Å². The van der Waals surface area contributed by atoms with E-state index in [1.54, 1.807) is 44.2 Å². The van der Waals surface area contributed by atoms with E-state index in [9.17, 15) is 22.8 Å². The largest absolute Gasteiger partial charge is 0.428 e. The van der Waals surface area contributed by atoms with Gasteiger partial charge in [0.1, 0.15) is 17.4 Å². The zero-order valence-corrected chi connectivity index (χ0v) is 18.3. The molecule has 0 aliphatic heterocycles. The Morgan fingerprint density at radius 3 is 2.41 bits per heavy atom. The molecule has 0 aliphatic carbocycles. The molecule has 7 nitrogen and oxygen atoms in total. The first-order valence-electron chi connectivity index (χ1n) is 10.1. The average molecular weight is 470 g/mol. The third-order valence-electron chi connectivity index (χ3n) is 4.82. The molecule has 10 heteroatoms. The predicted molar refractivity (Wildman–Crippen MR) is 121 cm³/mol. The highest BCUT2D eigenvalue weighted by atomic mass is 19.2. The fraction of sp³-hybridized carbons (Fsp3) is 0.125. The molecule has 0 radical (unpaired) electrons. The van der Waals surface area contributed by atoms with Crippen molar-refractivity contribution in [1.82, 2.24) is 4.98 Å². The van der Waals surface area contributed by atoms with Gasteiger partial charge in [0.2, 0.25) is 0 Å². The summed E-state index contributed by atoms with van der Waals surface area (Å²) >= 11 is 0. The minimum atomic E-state index is -1.33. The number of hydrogen-bond donors (Lipinski definition) is 3. The standard InChI is InChI=1S/C24H21F3N4O3/c1-3-13(2)34-24(33)14-4-6-15(7-5-14)31-21-10-20(17(12-30-21)23(28)32)29-11-16-18(25)8-9-19(26)22(16)27/h3-10,12H,11H2,1-2H3,(H2,28,32)(H2,29,30,31)/b13-3-. The Kier molecular flexibility index (Phi) is 7.52. The summed E-state index contributed by atoms with van der Waals surface area (Å²) in [6, 6.07) is 9.26. The van der Waals surface area contributed by atoms with Crippen molar-refractivity contribution in [2.45, 2.75) is 20.4 Å². The maximum Gasteiger partial charge on any atom is 0.343 e. The second-order valence-electron chi connectivity index (χ2n) is 7.15. The van der Waals surface area contributed by atoms with Crippen LogP contribution in [0.1, 0.15) is 40.1 Å². The van der Waals surface area contributed by atoms with E-state index in [0.717, 1.165) is 6.07 Å². The lowest BCUT2D eigenvalue weighted by atomic mass is 10.1. The molecule has 2 aromatic carbocycles. The van der Waals surface area contributed by atoms with Gasteiger partial charge in [0, 0.05) is 30.1 Å². The Hall–Kier alpha value is -4.34.